The number of aryl methyl sites for hydroxylation is 1. The Morgan fingerprint density at radius 2 is 1.74 bits per heavy atom. The molecule has 0 atom stereocenters. The molecule has 0 amide bonds. The van der Waals surface area contributed by atoms with Crippen molar-refractivity contribution < 1.29 is 0 Å². The number of hydrogen-bond donors (Lipinski definition) is 1. The molecule has 2 heteroatoms. The van der Waals surface area contributed by atoms with Crippen LogP contribution in [0, 0.1) is 6.92 Å². The van der Waals surface area contributed by atoms with E-state index in [-0.39, 0.29) is 0 Å². The molecule has 2 aromatic rings. The van der Waals surface area contributed by atoms with E-state index in [1.54, 1.807) is 0 Å². The molecule has 0 radical (unpaired) electrons. The summed E-state index contributed by atoms with van der Waals surface area (Å²) in [6, 6.07) is 14.7. The van der Waals surface area contributed by atoms with Crippen LogP contribution in [0.4, 0.5) is 5.69 Å². The van der Waals surface area contributed by atoms with Crippen molar-refractivity contribution in [1.82, 2.24) is 0 Å². The van der Waals surface area contributed by atoms with Gasteiger partial charge in [-0.1, -0.05) is 55.8 Å². The summed E-state index contributed by atoms with van der Waals surface area (Å²) in [4.78, 5) is 0. The zero-order valence-electron chi connectivity index (χ0n) is 11.7. The average Bonchev–Trinajstić information content (AvgIpc) is 2.40. The first kappa shape index (κ1) is 14.0. The van der Waals surface area contributed by atoms with E-state index in [9.17, 15) is 0 Å². The Labute approximate surface area is 120 Å². The van der Waals surface area contributed by atoms with Gasteiger partial charge in [-0.25, -0.2) is 0 Å². The fourth-order valence-electron chi connectivity index (χ4n) is 2.00. The standard InChI is InChI=1S/C17H20ClN/c1-12(2)15-7-5-14(6-8-15)11-19-17-10-16(18)9-4-13(17)3/h4-10,12,19H,11H2,1-3H3. The second-order valence-corrected chi connectivity index (χ2v) is 5.65. The minimum atomic E-state index is 0.581. The lowest BCUT2D eigenvalue weighted by molar-refractivity contribution is 0.865. The first-order valence-electron chi connectivity index (χ1n) is 6.65. The number of anilines is 1. The van der Waals surface area contributed by atoms with E-state index in [4.69, 9.17) is 11.6 Å². The van der Waals surface area contributed by atoms with Crippen LogP contribution in [0.5, 0.6) is 0 Å². The maximum absolute atomic E-state index is 6.01. The molecule has 100 valence electrons. The van der Waals surface area contributed by atoms with Gasteiger partial charge in [-0.2, -0.15) is 0 Å². The second kappa shape index (κ2) is 6.12. The van der Waals surface area contributed by atoms with Gasteiger partial charge in [-0.15, -0.1) is 0 Å². The van der Waals surface area contributed by atoms with Gasteiger partial charge in [-0.05, 0) is 41.7 Å². The van der Waals surface area contributed by atoms with Gasteiger partial charge in [0.1, 0.15) is 0 Å². The number of halogens is 1. The molecular formula is C17H20ClN. The number of benzene rings is 2. The molecule has 0 bridgehead atoms. The van der Waals surface area contributed by atoms with Crippen molar-refractivity contribution in [3.05, 3.63) is 64.2 Å². The Kier molecular flexibility index (Phi) is 4.49. The molecular weight excluding hydrogens is 254 g/mol. The molecule has 2 aromatic carbocycles. The van der Waals surface area contributed by atoms with Gasteiger partial charge >= 0.3 is 0 Å². The third-order valence-electron chi connectivity index (χ3n) is 3.33. The Hall–Kier alpha value is -1.47. The molecule has 0 heterocycles. The van der Waals surface area contributed by atoms with Crippen LogP contribution in [0.3, 0.4) is 0 Å². The first-order valence-corrected chi connectivity index (χ1v) is 7.03. The molecule has 0 aliphatic rings. The summed E-state index contributed by atoms with van der Waals surface area (Å²) in [6.07, 6.45) is 0. The van der Waals surface area contributed by atoms with Crippen LogP contribution in [0.2, 0.25) is 5.02 Å². The van der Waals surface area contributed by atoms with Crippen LogP contribution in [-0.2, 0) is 6.54 Å². The highest BCUT2D eigenvalue weighted by atomic mass is 35.5. The molecule has 2 rings (SSSR count). The SMILES string of the molecule is Cc1ccc(Cl)cc1NCc1ccc(C(C)C)cc1. The number of rotatable bonds is 4. The number of nitrogens with one attached hydrogen (secondary N) is 1. The van der Waals surface area contributed by atoms with Gasteiger partial charge in [0.25, 0.3) is 0 Å². The molecule has 0 aromatic heterocycles. The van der Waals surface area contributed by atoms with Gasteiger partial charge in [0, 0.05) is 17.3 Å². The maximum atomic E-state index is 6.01. The van der Waals surface area contributed by atoms with Crippen LogP contribution < -0.4 is 5.32 Å². The summed E-state index contributed by atoms with van der Waals surface area (Å²) in [7, 11) is 0. The van der Waals surface area contributed by atoms with E-state index in [0.717, 1.165) is 17.3 Å². The summed E-state index contributed by atoms with van der Waals surface area (Å²) in [5.41, 5.74) is 4.97. The van der Waals surface area contributed by atoms with Gasteiger partial charge in [-0.3, -0.25) is 0 Å². The van der Waals surface area contributed by atoms with Crippen molar-refractivity contribution >= 4 is 17.3 Å². The van der Waals surface area contributed by atoms with Crippen molar-refractivity contribution in [3.8, 4) is 0 Å². The molecule has 0 unspecified atom stereocenters. The van der Waals surface area contributed by atoms with Crippen molar-refractivity contribution in [2.45, 2.75) is 33.2 Å². The quantitative estimate of drug-likeness (QED) is 0.788. The van der Waals surface area contributed by atoms with E-state index in [1.807, 2.05) is 18.2 Å². The molecule has 0 saturated carbocycles. The van der Waals surface area contributed by atoms with Gasteiger partial charge in [0.05, 0.1) is 0 Å². The number of hydrogen-bond acceptors (Lipinski definition) is 1. The first-order chi connectivity index (χ1) is 9.06. The normalized spacial score (nSPS) is 10.8. The largest absolute Gasteiger partial charge is 0.381 e. The summed E-state index contributed by atoms with van der Waals surface area (Å²) in [5.74, 6) is 0.581. The third-order valence-corrected chi connectivity index (χ3v) is 3.56. The zero-order chi connectivity index (χ0) is 13.8. The van der Waals surface area contributed by atoms with E-state index in [1.165, 1.54) is 16.7 Å². The molecule has 0 fully saturated rings. The minimum absolute atomic E-state index is 0.581. The summed E-state index contributed by atoms with van der Waals surface area (Å²) in [5, 5.41) is 4.20. The topological polar surface area (TPSA) is 12.0 Å². The van der Waals surface area contributed by atoms with Crippen LogP contribution in [-0.4, -0.2) is 0 Å². The minimum Gasteiger partial charge on any atom is -0.381 e. The van der Waals surface area contributed by atoms with Crippen LogP contribution in [0.25, 0.3) is 0 Å². The molecule has 0 saturated heterocycles. The van der Waals surface area contributed by atoms with E-state index in [2.05, 4.69) is 50.4 Å². The lowest BCUT2D eigenvalue weighted by Crippen LogP contribution is -2.01. The maximum Gasteiger partial charge on any atom is 0.0426 e. The van der Waals surface area contributed by atoms with Crippen LogP contribution >= 0.6 is 11.6 Å². The van der Waals surface area contributed by atoms with E-state index in [0.29, 0.717) is 5.92 Å². The fourth-order valence-corrected chi connectivity index (χ4v) is 2.17. The fraction of sp³-hybridized carbons (Fsp3) is 0.294. The lowest BCUT2D eigenvalue weighted by Gasteiger charge is -2.11. The van der Waals surface area contributed by atoms with Crippen molar-refractivity contribution in [2.75, 3.05) is 5.32 Å². The summed E-state index contributed by atoms with van der Waals surface area (Å²) in [6.45, 7) is 7.32. The Bertz CT molecular complexity index is 544. The van der Waals surface area contributed by atoms with Gasteiger partial charge in [0.2, 0.25) is 0 Å². The van der Waals surface area contributed by atoms with Crippen LogP contribution in [0.15, 0.2) is 42.5 Å². The van der Waals surface area contributed by atoms with Gasteiger partial charge in [0.15, 0.2) is 0 Å². The summed E-state index contributed by atoms with van der Waals surface area (Å²) < 4.78 is 0. The average molecular weight is 274 g/mol. The Morgan fingerprint density at radius 1 is 1.05 bits per heavy atom. The summed E-state index contributed by atoms with van der Waals surface area (Å²) >= 11 is 6.01. The molecule has 0 spiro atoms. The third kappa shape index (κ3) is 3.74. The molecule has 19 heavy (non-hydrogen) atoms. The second-order valence-electron chi connectivity index (χ2n) is 5.21. The highest BCUT2D eigenvalue weighted by Gasteiger charge is 2.01. The monoisotopic (exact) mass is 273 g/mol. The Morgan fingerprint density at radius 3 is 2.37 bits per heavy atom. The van der Waals surface area contributed by atoms with Gasteiger partial charge < -0.3 is 5.32 Å². The predicted octanol–water partition coefficient (Wildman–Crippen LogP) is 5.38. The Balaban J connectivity index is 2.04. The van der Waals surface area contributed by atoms with E-state index < -0.39 is 0 Å². The van der Waals surface area contributed by atoms with Crippen molar-refractivity contribution in [1.29, 1.82) is 0 Å². The highest BCUT2D eigenvalue weighted by molar-refractivity contribution is 6.30. The predicted molar refractivity (Wildman–Crippen MR) is 84.0 cm³/mol. The van der Waals surface area contributed by atoms with Crippen LogP contribution in [0.1, 0.15) is 36.5 Å². The van der Waals surface area contributed by atoms with Crippen molar-refractivity contribution in [2.24, 2.45) is 0 Å². The smallest absolute Gasteiger partial charge is 0.0426 e. The molecule has 1 nitrogen and oxygen atoms in total. The highest BCUT2D eigenvalue weighted by Crippen LogP contribution is 2.21. The lowest BCUT2D eigenvalue weighted by atomic mass is 10.0. The molecule has 0 aliphatic carbocycles. The molecule has 1 N–H and O–H groups in total. The van der Waals surface area contributed by atoms with E-state index >= 15 is 0 Å². The molecule has 0 aliphatic heterocycles. The zero-order valence-corrected chi connectivity index (χ0v) is 12.5. The van der Waals surface area contributed by atoms with Crippen molar-refractivity contribution in [3.63, 3.8) is 0 Å².